The van der Waals surface area contributed by atoms with Crippen LogP contribution in [0.5, 0.6) is 0 Å². The van der Waals surface area contributed by atoms with Gasteiger partial charge in [-0.15, -0.1) is 11.3 Å². The molecule has 1 aromatic heterocycles. The molecule has 1 fully saturated rings. The maximum atomic E-state index is 12.4. The smallest absolute Gasteiger partial charge is 0.264 e. The van der Waals surface area contributed by atoms with E-state index in [1.165, 1.54) is 11.3 Å². The highest BCUT2D eigenvalue weighted by atomic mass is 79.9. The van der Waals surface area contributed by atoms with Crippen molar-refractivity contribution < 1.29 is 4.79 Å². The zero-order valence-corrected chi connectivity index (χ0v) is 12.5. The van der Waals surface area contributed by atoms with Crippen LogP contribution >= 0.6 is 27.3 Å². The number of halogens is 1. The number of hydrogen-bond donors (Lipinski definition) is 1. The van der Waals surface area contributed by atoms with Crippen LogP contribution in [0.4, 0.5) is 0 Å². The Balaban J connectivity index is 2.22. The Hall–Kier alpha value is -0.390. The minimum absolute atomic E-state index is 0.0938. The molecule has 94 valence electrons. The fraction of sp³-hybridized carbons (Fsp3) is 0.583. The van der Waals surface area contributed by atoms with Gasteiger partial charge in [0, 0.05) is 28.0 Å². The molecule has 0 aromatic carbocycles. The molecule has 1 amide bonds. The van der Waals surface area contributed by atoms with E-state index in [1.807, 2.05) is 16.3 Å². The molecule has 2 N–H and O–H groups in total. The van der Waals surface area contributed by atoms with Gasteiger partial charge in [0.2, 0.25) is 0 Å². The summed E-state index contributed by atoms with van der Waals surface area (Å²) in [6.45, 7) is 4.88. The van der Waals surface area contributed by atoms with Crippen LogP contribution in [0.3, 0.4) is 0 Å². The van der Waals surface area contributed by atoms with E-state index in [2.05, 4.69) is 29.8 Å². The van der Waals surface area contributed by atoms with Crippen LogP contribution in [-0.2, 0) is 0 Å². The topological polar surface area (TPSA) is 46.3 Å². The molecule has 0 saturated carbocycles. The normalized spacial score (nSPS) is 23.8. The fourth-order valence-corrected chi connectivity index (χ4v) is 3.54. The van der Waals surface area contributed by atoms with Crippen LogP contribution < -0.4 is 5.73 Å². The first-order chi connectivity index (χ1) is 7.90. The lowest BCUT2D eigenvalue weighted by molar-refractivity contribution is 0.0400. The third-order valence-corrected chi connectivity index (χ3v) is 4.98. The first kappa shape index (κ1) is 13.1. The molecule has 1 atom stereocenters. The summed E-state index contributed by atoms with van der Waals surface area (Å²) in [5.41, 5.74) is 5.87. The van der Waals surface area contributed by atoms with Gasteiger partial charge in [-0.1, -0.05) is 0 Å². The number of carbonyl (C=O) groups excluding carboxylic acids is 1. The maximum Gasteiger partial charge on any atom is 0.264 e. The van der Waals surface area contributed by atoms with E-state index in [-0.39, 0.29) is 17.5 Å². The van der Waals surface area contributed by atoms with Crippen LogP contribution in [0.25, 0.3) is 0 Å². The third kappa shape index (κ3) is 2.72. The Kier molecular flexibility index (Phi) is 3.61. The number of hydrogen-bond acceptors (Lipinski definition) is 3. The molecule has 1 saturated heterocycles. The molecule has 1 unspecified atom stereocenters. The molecule has 17 heavy (non-hydrogen) atoms. The van der Waals surface area contributed by atoms with Crippen LogP contribution in [0.1, 0.15) is 36.4 Å². The average molecular weight is 317 g/mol. The monoisotopic (exact) mass is 316 g/mol. The van der Waals surface area contributed by atoms with Crippen molar-refractivity contribution in [1.29, 1.82) is 0 Å². The lowest BCUT2D eigenvalue weighted by atomic mass is 9.88. The first-order valence-corrected chi connectivity index (χ1v) is 7.39. The lowest BCUT2D eigenvalue weighted by Gasteiger charge is -2.44. The van der Waals surface area contributed by atoms with E-state index in [9.17, 15) is 4.79 Å². The largest absolute Gasteiger partial charge is 0.331 e. The second-order valence-corrected chi connectivity index (χ2v) is 6.98. The third-order valence-electron chi connectivity index (χ3n) is 3.30. The Morgan fingerprint density at radius 1 is 1.65 bits per heavy atom. The summed E-state index contributed by atoms with van der Waals surface area (Å²) in [5, 5.41) is 1.93. The molecule has 0 bridgehead atoms. The second kappa shape index (κ2) is 4.71. The van der Waals surface area contributed by atoms with E-state index >= 15 is 0 Å². The van der Waals surface area contributed by atoms with Gasteiger partial charge in [0.15, 0.2) is 0 Å². The maximum absolute atomic E-state index is 12.4. The number of likely N-dealkylation sites (tertiary alicyclic amines) is 1. The Morgan fingerprint density at radius 3 is 2.94 bits per heavy atom. The summed E-state index contributed by atoms with van der Waals surface area (Å²) >= 11 is 4.85. The highest BCUT2D eigenvalue weighted by molar-refractivity contribution is 9.10. The van der Waals surface area contributed by atoms with Crippen molar-refractivity contribution in [3.63, 3.8) is 0 Å². The summed E-state index contributed by atoms with van der Waals surface area (Å²) in [5.74, 6) is 0.0980. The highest BCUT2D eigenvalue weighted by Gasteiger charge is 2.36. The van der Waals surface area contributed by atoms with E-state index < -0.39 is 0 Å². The summed E-state index contributed by atoms with van der Waals surface area (Å²) < 4.78 is 0.963. The molecular weight excluding hydrogens is 300 g/mol. The van der Waals surface area contributed by atoms with Crippen LogP contribution in [0.15, 0.2) is 15.9 Å². The summed E-state index contributed by atoms with van der Waals surface area (Å²) in [6.07, 6.45) is 1.96. The van der Waals surface area contributed by atoms with Crippen molar-refractivity contribution >= 4 is 33.2 Å². The van der Waals surface area contributed by atoms with Gasteiger partial charge in [0.1, 0.15) is 0 Å². The molecule has 0 aliphatic carbocycles. The number of carbonyl (C=O) groups is 1. The Labute approximate surface area is 114 Å². The van der Waals surface area contributed by atoms with Gasteiger partial charge in [0.25, 0.3) is 5.91 Å². The second-order valence-electron chi connectivity index (χ2n) is 5.16. The van der Waals surface area contributed by atoms with Crippen LogP contribution in [0.2, 0.25) is 0 Å². The molecule has 1 aromatic rings. The zero-order chi connectivity index (χ0) is 12.6. The standard InChI is InChI=1S/C12H17BrN2OS/c1-12(2)4-3-9(14)6-15(12)11(16)10-5-8(13)7-17-10/h5,7,9H,3-4,6,14H2,1-2H3. The molecular formula is C12H17BrN2OS. The molecule has 1 aliphatic rings. The molecule has 2 rings (SSSR count). The number of thiophene rings is 1. The van der Waals surface area contributed by atoms with Crippen molar-refractivity contribution in [2.24, 2.45) is 5.73 Å². The molecule has 0 spiro atoms. The lowest BCUT2D eigenvalue weighted by Crippen LogP contribution is -2.56. The fourth-order valence-electron chi connectivity index (χ4n) is 2.16. The predicted molar refractivity (Wildman–Crippen MR) is 74.3 cm³/mol. The van der Waals surface area contributed by atoms with Gasteiger partial charge in [0.05, 0.1) is 4.88 Å². The number of amides is 1. The Bertz CT molecular complexity index is 430. The average Bonchev–Trinajstić information content (AvgIpc) is 2.68. The van der Waals surface area contributed by atoms with Gasteiger partial charge < -0.3 is 10.6 Å². The molecule has 5 heteroatoms. The summed E-state index contributed by atoms with van der Waals surface area (Å²) in [6, 6.07) is 1.99. The zero-order valence-electron chi connectivity index (χ0n) is 10.1. The van der Waals surface area contributed by atoms with Crippen molar-refractivity contribution in [2.75, 3.05) is 6.54 Å². The van der Waals surface area contributed by atoms with Crippen molar-refractivity contribution in [3.05, 3.63) is 20.8 Å². The number of nitrogens with two attached hydrogens (primary N) is 1. The highest BCUT2D eigenvalue weighted by Crippen LogP contribution is 2.30. The number of rotatable bonds is 1. The minimum Gasteiger partial charge on any atom is -0.331 e. The van der Waals surface area contributed by atoms with Crippen LogP contribution in [-0.4, -0.2) is 28.9 Å². The predicted octanol–water partition coefficient (Wildman–Crippen LogP) is 2.85. The number of piperidine rings is 1. The molecule has 1 aliphatic heterocycles. The van der Waals surface area contributed by atoms with Gasteiger partial charge in [-0.25, -0.2) is 0 Å². The van der Waals surface area contributed by atoms with Gasteiger partial charge in [-0.2, -0.15) is 0 Å². The van der Waals surface area contributed by atoms with E-state index in [0.717, 1.165) is 22.2 Å². The Morgan fingerprint density at radius 2 is 2.35 bits per heavy atom. The van der Waals surface area contributed by atoms with Gasteiger partial charge in [-0.05, 0) is 48.7 Å². The van der Waals surface area contributed by atoms with Gasteiger partial charge in [-0.3, -0.25) is 4.79 Å². The van der Waals surface area contributed by atoms with Crippen molar-refractivity contribution in [2.45, 2.75) is 38.3 Å². The van der Waals surface area contributed by atoms with E-state index in [4.69, 9.17) is 5.73 Å². The first-order valence-electron chi connectivity index (χ1n) is 5.72. The molecule has 3 nitrogen and oxygen atoms in total. The summed E-state index contributed by atoms with van der Waals surface area (Å²) in [7, 11) is 0. The van der Waals surface area contributed by atoms with E-state index in [0.29, 0.717) is 6.54 Å². The minimum atomic E-state index is -0.0938. The van der Waals surface area contributed by atoms with Crippen molar-refractivity contribution in [3.8, 4) is 0 Å². The van der Waals surface area contributed by atoms with Crippen LogP contribution in [0, 0.1) is 0 Å². The molecule has 0 radical (unpaired) electrons. The number of nitrogens with zero attached hydrogens (tertiary/aromatic N) is 1. The van der Waals surface area contributed by atoms with Gasteiger partial charge >= 0.3 is 0 Å². The van der Waals surface area contributed by atoms with Crippen molar-refractivity contribution in [1.82, 2.24) is 4.90 Å². The summed E-state index contributed by atoms with van der Waals surface area (Å²) in [4.78, 5) is 15.1. The quantitative estimate of drug-likeness (QED) is 0.866. The van der Waals surface area contributed by atoms with E-state index in [1.54, 1.807) is 0 Å². The molecule has 2 heterocycles. The SMILES string of the molecule is CC1(C)CCC(N)CN1C(=O)c1cc(Br)cs1.